The fraction of sp³-hybridized carbons (Fsp3) is 0.100. The summed E-state index contributed by atoms with van der Waals surface area (Å²) in [6, 6.07) is 14.1. The maximum Gasteiger partial charge on any atom is 0.293 e. The number of benzene rings is 3. The van der Waals surface area contributed by atoms with E-state index in [-0.39, 0.29) is 15.5 Å². The number of sulfonamides is 2. The lowest BCUT2D eigenvalue weighted by Gasteiger charge is -2.12. The average Bonchev–Trinajstić information content (AvgIpc) is 2.78. The van der Waals surface area contributed by atoms with Crippen molar-refractivity contribution in [1.82, 2.24) is 0 Å². The second kappa shape index (κ2) is 9.34. The van der Waals surface area contributed by atoms with Gasteiger partial charge in [0.15, 0.2) is 0 Å². The van der Waals surface area contributed by atoms with Crippen molar-refractivity contribution in [3.8, 4) is 11.5 Å². The second-order valence-corrected chi connectivity index (χ2v) is 9.92. The van der Waals surface area contributed by atoms with Crippen molar-refractivity contribution in [2.75, 3.05) is 23.7 Å². The lowest BCUT2D eigenvalue weighted by atomic mass is 10.2. The summed E-state index contributed by atoms with van der Waals surface area (Å²) in [5.41, 5.74) is -1.05. The van der Waals surface area contributed by atoms with Crippen LogP contribution in [0.2, 0.25) is 0 Å². The van der Waals surface area contributed by atoms with Gasteiger partial charge in [0, 0.05) is 6.07 Å². The third-order valence-electron chi connectivity index (χ3n) is 4.43. The lowest BCUT2D eigenvalue weighted by Crippen LogP contribution is -2.16. The molecule has 0 fully saturated rings. The molecule has 0 radical (unpaired) electrons. The van der Waals surface area contributed by atoms with Gasteiger partial charge in [0.25, 0.3) is 25.7 Å². The Morgan fingerprint density at radius 1 is 0.727 bits per heavy atom. The zero-order valence-electron chi connectivity index (χ0n) is 17.4. The molecular formula is C20H19N3O8S2. The molecule has 0 amide bonds. The van der Waals surface area contributed by atoms with E-state index in [0.717, 1.165) is 18.2 Å². The molecule has 174 valence electrons. The number of nitro groups is 1. The van der Waals surface area contributed by atoms with Crippen molar-refractivity contribution in [3.05, 3.63) is 76.8 Å². The van der Waals surface area contributed by atoms with Crippen LogP contribution in [0.15, 0.2) is 76.5 Å². The van der Waals surface area contributed by atoms with Crippen molar-refractivity contribution < 1.29 is 31.2 Å². The highest BCUT2D eigenvalue weighted by molar-refractivity contribution is 7.93. The van der Waals surface area contributed by atoms with Crippen molar-refractivity contribution in [2.45, 2.75) is 9.79 Å². The molecule has 0 aliphatic carbocycles. The van der Waals surface area contributed by atoms with Crippen molar-refractivity contribution in [2.24, 2.45) is 0 Å². The van der Waals surface area contributed by atoms with Gasteiger partial charge in [-0.1, -0.05) is 0 Å². The van der Waals surface area contributed by atoms with Gasteiger partial charge in [-0.25, -0.2) is 16.8 Å². The van der Waals surface area contributed by atoms with E-state index in [1.807, 2.05) is 0 Å². The molecule has 3 aromatic carbocycles. The Hall–Kier alpha value is -3.84. The normalized spacial score (nSPS) is 11.5. The first-order chi connectivity index (χ1) is 15.6. The summed E-state index contributed by atoms with van der Waals surface area (Å²) in [7, 11) is -5.42. The molecule has 0 atom stereocenters. The summed E-state index contributed by atoms with van der Waals surface area (Å²) in [4.78, 5) is 10.4. The molecule has 0 saturated heterocycles. The number of hydrogen-bond acceptors (Lipinski definition) is 8. The van der Waals surface area contributed by atoms with Gasteiger partial charge in [0.1, 0.15) is 17.2 Å². The molecular weight excluding hydrogens is 474 g/mol. The molecule has 2 N–H and O–H groups in total. The van der Waals surface area contributed by atoms with Gasteiger partial charge in [-0.3, -0.25) is 19.6 Å². The molecule has 33 heavy (non-hydrogen) atoms. The molecule has 13 heteroatoms. The Bertz CT molecular complexity index is 1370. The first-order valence-electron chi connectivity index (χ1n) is 9.18. The maximum atomic E-state index is 12.7. The predicted molar refractivity (Wildman–Crippen MR) is 121 cm³/mol. The molecule has 0 spiro atoms. The van der Waals surface area contributed by atoms with Crippen LogP contribution in [0.5, 0.6) is 11.5 Å². The number of hydrogen-bond donors (Lipinski definition) is 2. The van der Waals surface area contributed by atoms with E-state index >= 15 is 0 Å². The topological polar surface area (TPSA) is 154 Å². The standard InChI is InChI=1S/C20H19N3O8S2/c1-30-15-4-8-17(9-5-15)32(26,27)21-14-3-12-20(23(24)25)19(13-14)22-33(28,29)18-10-6-16(31-2)7-11-18/h3-13,21-22H,1-2H3. The summed E-state index contributed by atoms with van der Waals surface area (Å²) < 4.78 is 65.2. The van der Waals surface area contributed by atoms with Gasteiger partial charge in [-0.15, -0.1) is 0 Å². The van der Waals surface area contributed by atoms with E-state index < -0.39 is 36.3 Å². The summed E-state index contributed by atoms with van der Waals surface area (Å²) in [6.07, 6.45) is 0. The van der Waals surface area contributed by atoms with Crippen LogP contribution in [0.3, 0.4) is 0 Å². The molecule has 0 aliphatic heterocycles. The molecule has 0 bridgehead atoms. The van der Waals surface area contributed by atoms with Crippen LogP contribution in [0.4, 0.5) is 17.1 Å². The molecule has 11 nitrogen and oxygen atoms in total. The molecule has 3 aromatic rings. The highest BCUT2D eigenvalue weighted by Gasteiger charge is 2.23. The Balaban J connectivity index is 1.94. The summed E-state index contributed by atoms with van der Waals surface area (Å²) in [6.45, 7) is 0. The number of rotatable bonds is 9. The van der Waals surface area contributed by atoms with Crippen molar-refractivity contribution in [1.29, 1.82) is 0 Å². The minimum absolute atomic E-state index is 0.0798. The quantitative estimate of drug-likeness (QED) is 0.340. The average molecular weight is 494 g/mol. The van der Waals surface area contributed by atoms with Gasteiger partial charge in [-0.05, 0) is 60.7 Å². The number of nitrogens with one attached hydrogen (secondary N) is 2. The lowest BCUT2D eigenvalue weighted by molar-refractivity contribution is -0.383. The zero-order valence-corrected chi connectivity index (χ0v) is 19.0. The predicted octanol–water partition coefficient (Wildman–Crippen LogP) is 3.21. The fourth-order valence-electron chi connectivity index (χ4n) is 2.77. The van der Waals surface area contributed by atoms with E-state index in [1.165, 1.54) is 62.8 Å². The molecule has 0 saturated carbocycles. The third kappa shape index (κ3) is 5.51. The largest absolute Gasteiger partial charge is 0.497 e. The molecule has 3 rings (SSSR count). The summed E-state index contributed by atoms with van der Waals surface area (Å²) in [5.74, 6) is 0.884. The van der Waals surface area contributed by atoms with E-state index in [9.17, 15) is 26.9 Å². The van der Waals surface area contributed by atoms with E-state index in [2.05, 4.69) is 9.44 Å². The van der Waals surface area contributed by atoms with E-state index in [1.54, 1.807) is 0 Å². The highest BCUT2D eigenvalue weighted by atomic mass is 32.2. The number of methoxy groups -OCH3 is 2. The minimum atomic E-state index is -4.22. The van der Waals surface area contributed by atoms with Crippen LogP contribution >= 0.6 is 0 Å². The van der Waals surface area contributed by atoms with Gasteiger partial charge in [0.2, 0.25) is 0 Å². The van der Waals surface area contributed by atoms with Crippen LogP contribution in [0.1, 0.15) is 0 Å². The Kier molecular flexibility index (Phi) is 6.74. The van der Waals surface area contributed by atoms with E-state index in [4.69, 9.17) is 9.47 Å². The Labute approximate surface area is 190 Å². The Morgan fingerprint density at radius 3 is 1.61 bits per heavy atom. The fourth-order valence-corrected chi connectivity index (χ4v) is 4.88. The van der Waals surface area contributed by atoms with Gasteiger partial charge < -0.3 is 9.47 Å². The van der Waals surface area contributed by atoms with Crippen LogP contribution in [-0.2, 0) is 20.0 Å². The number of anilines is 2. The van der Waals surface area contributed by atoms with E-state index in [0.29, 0.717) is 11.5 Å². The molecule has 0 unspecified atom stereocenters. The Morgan fingerprint density at radius 2 is 1.18 bits per heavy atom. The molecule has 0 aromatic heterocycles. The smallest absolute Gasteiger partial charge is 0.293 e. The first-order valence-corrected chi connectivity index (χ1v) is 12.1. The van der Waals surface area contributed by atoms with Crippen LogP contribution in [0, 0.1) is 10.1 Å². The monoisotopic (exact) mass is 493 g/mol. The highest BCUT2D eigenvalue weighted by Crippen LogP contribution is 2.31. The van der Waals surface area contributed by atoms with Crippen LogP contribution in [0.25, 0.3) is 0 Å². The zero-order chi connectivity index (χ0) is 24.2. The first kappa shape index (κ1) is 23.8. The minimum Gasteiger partial charge on any atom is -0.497 e. The number of ether oxygens (including phenoxy) is 2. The third-order valence-corrected chi connectivity index (χ3v) is 7.21. The van der Waals surface area contributed by atoms with Crippen molar-refractivity contribution >= 4 is 37.1 Å². The summed E-state index contributed by atoms with van der Waals surface area (Å²) in [5, 5.41) is 11.4. The van der Waals surface area contributed by atoms with Gasteiger partial charge in [0.05, 0.1) is 34.6 Å². The second-order valence-electron chi connectivity index (χ2n) is 6.55. The molecule has 0 aliphatic rings. The molecule has 0 heterocycles. The number of nitrogens with zero attached hydrogens (tertiary/aromatic N) is 1. The van der Waals surface area contributed by atoms with Gasteiger partial charge >= 0.3 is 0 Å². The maximum absolute atomic E-state index is 12.7. The summed E-state index contributed by atoms with van der Waals surface area (Å²) >= 11 is 0. The van der Waals surface area contributed by atoms with Crippen LogP contribution in [-0.4, -0.2) is 36.0 Å². The van der Waals surface area contributed by atoms with Gasteiger partial charge in [-0.2, -0.15) is 0 Å². The number of nitro benzene ring substituents is 1. The SMILES string of the molecule is COc1ccc(S(=O)(=O)Nc2ccc([N+](=O)[O-])c(NS(=O)(=O)c3ccc(OC)cc3)c2)cc1. The van der Waals surface area contributed by atoms with Crippen LogP contribution < -0.4 is 18.9 Å². The van der Waals surface area contributed by atoms with Crippen molar-refractivity contribution in [3.63, 3.8) is 0 Å².